The van der Waals surface area contributed by atoms with Crippen molar-refractivity contribution in [1.82, 2.24) is 9.55 Å². The molecule has 0 atom stereocenters. The van der Waals surface area contributed by atoms with Gasteiger partial charge in [0.2, 0.25) is 5.91 Å². The molecule has 8 heteroatoms. The van der Waals surface area contributed by atoms with E-state index >= 15 is 0 Å². The minimum absolute atomic E-state index is 0.00433. The third kappa shape index (κ3) is 5.06. The van der Waals surface area contributed by atoms with Gasteiger partial charge in [0.1, 0.15) is 5.82 Å². The molecule has 3 aromatic heterocycles. The summed E-state index contributed by atoms with van der Waals surface area (Å²) in [6.07, 6.45) is 0.943. The maximum Gasteiger partial charge on any atom is 0.256 e. The van der Waals surface area contributed by atoms with Crippen molar-refractivity contribution in [2.24, 2.45) is 0 Å². The van der Waals surface area contributed by atoms with Gasteiger partial charge in [-0.25, -0.2) is 4.98 Å². The quantitative estimate of drug-likeness (QED) is 0.235. The first-order chi connectivity index (χ1) is 19.4. The number of halogens is 1. The Kier molecular flexibility index (Phi) is 7.00. The number of pyridine rings is 1. The monoisotopic (exact) mass is 566 g/mol. The molecule has 6 rings (SSSR count). The predicted molar refractivity (Wildman–Crippen MR) is 162 cm³/mol. The number of carbonyl (C=O) groups excluding carboxylic acids is 2. The number of aryl methyl sites for hydroxylation is 2. The Morgan fingerprint density at radius 2 is 1.75 bits per heavy atom. The molecule has 2 amide bonds. The van der Waals surface area contributed by atoms with E-state index in [0.29, 0.717) is 22.1 Å². The number of carbonyl (C=O) groups is 2. The van der Waals surface area contributed by atoms with Crippen LogP contribution >= 0.6 is 22.9 Å². The molecule has 0 saturated carbocycles. The van der Waals surface area contributed by atoms with Gasteiger partial charge < -0.3 is 14.8 Å². The third-order valence-electron chi connectivity index (χ3n) is 7.17. The number of nitrogens with zero attached hydrogens (tertiary/aromatic N) is 3. The highest BCUT2D eigenvalue weighted by molar-refractivity contribution is 7.19. The Morgan fingerprint density at radius 3 is 2.52 bits per heavy atom. The van der Waals surface area contributed by atoms with Crippen LogP contribution in [0.15, 0.2) is 84.9 Å². The van der Waals surface area contributed by atoms with Gasteiger partial charge in [0.05, 0.1) is 16.5 Å². The number of benzene rings is 2. The summed E-state index contributed by atoms with van der Waals surface area (Å²) in [5, 5.41) is 3.03. The Bertz CT molecular complexity index is 1740. The zero-order valence-corrected chi connectivity index (χ0v) is 23.7. The van der Waals surface area contributed by atoms with Crippen LogP contribution < -0.4 is 10.2 Å². The summed E-state index contributed by atoms with van der Waals surface area (Å²) in [6.45, 7) is 4.69. The molecule has 0 radical (unpaired) electrons. The molecule has 0 aliphatic carbocycles. The molecule has 0 fully saturated rings. The van der Waals surface area contributed by atoms with Gasteiger partial charge >= 0.3 is 0 Å². The number of aromatic nitrogens is 2. The van der Waals surface area contributed by atoms with Gasteiger partial charge in [-0.2, -0.15) is 0 Å². The SMILES string of the molecule is Cc1ccc(C)n1-c1cccc(CC(=O)N2CCc3cc(NC(=O)c4ccccc4-c4ccc(Cl)s4)ccc32)n1. The van der Waals surface area contributed by atoms with Gasteiger partial charge in [0.15, 0.2) is 0 Å². The Morgan fingerprint density at radius 1 is 0.950 bits per heavy atom. The van der Waals surface area contributed by atoms with E-state index in [4.69, 9.17) is 16.6 Å². The van der Waals surface area contributed by atoms with Crippen molar-refractivity contribution in [3.63, 3.8) is 0 Å². The lowest BCUT2D eigenvalue weighted by atomic mass is 10.0. The van der Waals surface area contributed by atoms with Crippen molar-refractivity contribution >= 4 is 46.1 Å². The predicted octanol–water partition coefficient (Wildman–Crippen LogP) is 7.26. The van der Waals surface area contributed by atoms with Crippen molar-refractivity contribution in [3.05, 3.63) is 117 Å². The normalized spacial score (nSPS) is 12.4. The molecule has 2 aromatic carbocycles. The fraction of sp³-hybridized carbons (Fsp3) is 0.156. The molecular formula is C32H27ClN4O2S. The standard InChI is InChI=1S/C32H27ClN4O2S/c1-20-10-11-21(2)37(20)30-9-5-6-23(34-30)19-31(38)36-17-16-22-18-24(12-13-27(22)36)35-32(39)26-8-4-3-7-25(26)28-14-15-29(33)40-28/h3-15,18H,16-17,19H2,1-2H3,(H,35,39). The van der Waals surface area contributed by atoms with E-state index in [1.807, 2.05) is 91.5 Å². The molecule has 4 heterocycles. The van der Waals surface area contributed by atoms with Gasteiger partial charge in [-0.05, 0) is 86.5 Å². The molecule has 0 bridgehead atoms. The van der Waals surface area contributed by atoms with E-state index in [1.54, 1.807) is 0 Å². The first-order valence-corrected chi connectivity index (χ1v) is 14.3. The summed E-state index contributed by atoms with van der Waals surface area (Å²) in [5.41, 5.74) is 6.97. The van der Waals surface area contributed by atoms with E-state index in [9.17, 15) is 9.59 Å². The lowest BCUT2D eigenvalue weighted by Crippen LogP contribution is -2.30. The fourth-order valence-electron chi connectivity index (χ4n) is 5.26. The fourth-order valence-corrected chi connectivity index (χ4v) is 6.34. The van der Waals surface area contributed by atoms with Gasteiger partial charge in [-0.1, -0.05) is 35.9 Å². The summed E-state index contributed by atoms with van der Waals surface area (Å²) in [5.74, 6) is 0.631. The van der Waals surface area contributed by atoms with Crippen LogP contribution in [0.25, 0.3) is 16.3 Å². The summed E-state index contributed by atoms with van der Waals surface area (Å²) in [7, 11) is 0. The lowest BCUT2D eigenvalue weighted by Gasteiger charge is -2.18. The Balaban J connectivity index is 1.17. The molecule has 0 saturated heterocycles. The molecule has 1 aliphatic rings. The van der Waals surface area contributed by atoms with Crippen molar-refractivity contribution in [3.8, 4) is 16.3 Å². The average Bonchev–Trinajstić information content (AvgIpc) is 3.66. The highest BCUT2D eigenvalue weighted by atomic mass is 35.5. The van der Waals surface area contributed by atoms with Gasteiger partial charge in [-0.15, -0.1) is 11.3 Å². The number of fused-ring (bicyclic) bond motifs is 1. The minimum atomic E-state index is -0.190. The average molecular weight is 567 g/mol. The second-order valence-electron chi connectivity index (χ2n) is 9.86. The molecule has 5 aromatic rings. The van der Waals surface area contributed by atoms with Crippen LogP contribution in [0.3, 0.4) is 0 Å². The summed E-state index contributed by atoms with van der Waals surface area (Å²) in [6, 6.07) is 26.9. The maximum atomic E-state index is 13.3. The molecular weight excluding hydrogens is 540 g/mol. The van der Waals surface area contributed by atoms with E-state index in [0.717, 1.165) is 51.0 Å². The van der Waals surface area contributed by atoms with Crippen LogP contribution in [0.4, 0.5) is 11.4 Å². The maximum absolute atomic E-state index is 13.3. The second kappa shape index (κ2) is 10.8. The van der Waals surface area contributed by atoms with Gasteiger partial charge in [0.25, 0.3) is 5.91 Å². The van der Waals surface area contributed by atoms with Crippen molar-refractivity contribution in [1.29, 1.82) is 0 Å². The molecule has 40 heavy (non-hydrogen) atoms. The van der Waals surface area contributed by atoms with Gasteiger partial charge in [-0.3, -0.25) is 9.59 Å². The number of thiophene rings is 1. The number of hydrogen-bond donors (Lipinski definition) is 1. The number of nitrogens with one attached hydrogen (secondary N) is 1. The zero-order valence-electron chi connectivity index (χ0n) is 22.1. The molecule has 1 aliphatic heterocycles. The first kappa shape index (κ1) is 26.0. The molecule has 0 spiro atoms. The Labute approximate surface area is 241 Å². The van der Waals surface area contributed by atoms with Crippen LogP contribution in [0.5, 0.6) is 0 Å². The van der Waals surface area contributed by atoms with E-state index in [-0.39, 0.29) is 18.2 Å². The van der Waals surface area contributed by atoms with Gasteiger partial charge in [0, 0.05) is 45.3 Å². The highest BCUT2D eigenvalue weighted by Crippen LogP contribution is 2.34. The minimum Gasteiger partial charge on any atom is -0.322 e. The topological polar surface area (TPSA) is 67.2 Å². The summed E-state index contributed by atoms with van der Waals surface area (Å²) in [4.78, 5) is 34.1. The van der Waals surface area contributed by atoms with E-state index in [1.165, 1.54) is 11.3 Å². The Hall–Kier alpha value is -4.20. The van der Waals surface area contributed by atoms with Crippen LogP contribution in [-0.2, 0) is 17.6 Å². The largest absolute Gasteiger partial charge is 0.322 e. The van der Waals surface area contributed by atoms with E-state index < -0.39 is 0 Å². The zero-order chi connectivity index (χ0) is 27.8. The van der Waals surface area contributed by atoms with Crippen molar-refractivity contribution in [2.45, 2.75) is 26.7 Å². The molecule has 0 unspecified atom stereocenters. The van der Waals surface area contributed by atoms with Crippen molar-refractivity contribution in [2.75, 3.05) is 16.8 Å². The summed E-state index contributed by atoms with van der Waals surface area (Å²) < 4.78 is 2.76. The van der Waals surface area contributed by atoms with Crippen LogP contribution in [0.2, 0.25) is 4.34 Å². The molecule has 1 N–H and O–H groups in total. The number of anilines is 2. The van der Waals surface area contributed by atoms with E-state index in [2.05, 4.69) is 22.0 Å². The van der Waals surface area contributed by atoms with Crippen molar-refractivity contribution < 1.29 is 9.59 Å². The molecule has 6 nitrogen and oxygen atoms in total. The smallest absolute Gasteiger partial charge is 0.256 e. The molecule has 200 valence electrons. The third-order valence-corrected chi connectivity index (χ3v) is 8.43. The summed E-state index contributed by atoms with van der Waals surface area (Å²) >= 11 is 7.57. The second-order valence-corrected chi connectivity index (χ2v) is 11.6. The van der Waals surface area contributed by atoms with Crippen LogP contribution in [0, 0.1) is 13.8 Å². The first-order valence-electron chi connectivity index (χ1n) is 13.1. The number of rotatable bonds is 6. The van der Waals surface area contributed by atoms with Crippen LogP contribution in [-0.4, -0.2) is 27.9 Å². The van der Waals surface area contributed by atoms with Crippen LogP contribution in [0.1, 0.15) is 33.0 Å². The number of hydrogen-bond acceptors (Lipinski definition) is 4. The highest BCUT2D eigenvalue weighted by Gasteiger charge is 2.26. The lowest BCUT2D eigenvalue weighted by molar-refractivity contribution is -0.117. The number of amides is 2.